The molecule has 2 aromatic rings. The second-order valence-corrected chi connectivity index (χ2v) is 9.48. The quantitative estimate of drug-likeness (QED) is 0.625. The molecule has 0 amide bonds. The van der Waals surface area contributed by atoms with Gasteiger partial charge in [-0.1, -0.05) is 0 Å². The highest BCUT2D eigenvalue weighted by molar-refractivity contribution is 7.89. The molecule has 0 bridgehead atoms. The summed E-state index contributed by atoms with van der Waals surface area (Å²) in [6.45, 7) is 1.73. The Hall–Kier alpha value is -2.58. The topological polar surface area (TPSA) is 71.4 Å². The van der Waals surface area contributed by atoms with Crippen molar-refractivity contribution < 1.29 is 17.9 Å². The van der Waals surface area contributed by atoms with Crippen LogP contribution in [-0.2, 0) is 10.0 Å². The second-order valence-electron chi connectivity index (χ2n) is 7.36. The molecule has 162 valence electrons. The largest absolute Gasteiger partial charge is 0.493 e. The Bertz CT molecular complexity index is 1010. The van der Waals surface area contributed by atoms with Crippen LogP contribution in [0.1, 0.15) is 24.8 Å². The number of aliphatic imine (C=N–C) groups is 1. The van der Waals surface area contributed by atoms with Crippen LogP contribution in [0, 0.1) is 0 Å². The van der Waals surface area contributed by atoms with Crippen LogP contribution in [0.5, 0.6) is 11.5 Å². The van der Waals surface area contributed by atoms with Crippen LogP contribution in [0.3, 0.4) is 0 Å². The summed E-state index contributed by atoms with van der Waals surface area (Å²) >= 11 is 0. The van der Waals surface area contributed by atoms with Crippen LogP contribution < -0.4 is 14.4 Å². The van der Waals surface area contributed by atoms with E-state index in [2.05, 4.69) is 9.89 Å². The molecule has 0 saturated carbocycles. The zero-order valence-electron chi connectivity index (χ0n) is 18.0. The van der Waals surface area contributed by atoms with Crippen LogP contribution in [0.4, 0.5) is 11.4 Å². The van der Waals surface area contributed by atoms with Crippen molar-refractivity contribution >= 4 is 27.6 Å². The average molecular weight is 432 g/mol. The van der Waals surface area contributed by atoms with Gasteiger partial charge in [0.2, 0.25) is 10.0 Å². The number of methoxy groups -OCH3 is 2. The van der Waals surface area contributed by atoms with Crippen LogP contribution in [0.15, 0.2) is 46.3 Å². The predicted molar refractivity (Wildman–Crippen MR) is 120 cm³/mol. The van der Waals surface area contributed by atoms with E-state index < -0.39 is 10.0 Å². The molecule has 0 unspecified atom stereocenters. The molecule has 0 aliphatic carbocycles. The summed E-state index contributed by atoms with van der Waals surface area (Å²) in [6, 6.07) is 10.9. The number of nitrogens with zero attached hydrogens (tertiary/aromatic N) is 3. The molecule has 1 heterocycles. The molecule has 7 nitrogen and oxygen atoms in total. The van der Waals surface area contributed by atoms with Crippen molar-refractivity contribution in [3.8, 4) is 11.5 Å². The molecule has 2 aromatic carbocycles. The molecule has 0 atom stereocenters. The van der Waals surface area contributed by atoms with E-state index in [1.165, 1.54) is 10.7 Å². The van der Waals surface area contributed by atoms with Crippen molar-refractivity contribution in [2.45, 2.75) is 24.2 Å². The molecule has 30 heavy (non-hydrogen) atoms. The highest BCUT2D eigenvalue weighted by Gasteiger charge is 2.25. The molecular formula is C22H29N3O4S. The van der Waals surface area contributed by atoms with Gasteiger partial charge in [0.1, 0.15) is 4.90 Å². The van der Waals surface area contributed by atoms with E-state index in [1.54, 1.807) is 40.6 Å². The minimum absolute atomic E-state index is 0.288. The third-order valence-electron chi connectivity index (χ3n) is 5.17. The zero-order valence-corrected chi connectivity index (χ0v) is 18.8. The molecule has 8 heteroatoms. The number of piperidine rings is 1. The fraction of sp³-hybridized carbons (Fsp3) is 0.409. The summed E-state index contributed by atoms with van der Waals surface area (Å²) in [5.41, 5.74) is 2.14. The smallest absolute Gasteiger partial charge is 0.244 e. The molecule has 1 aliphatic heterocycles. The lowest BCUT2D eigenvalue weighted by atomic mass is 10.1. The first kappa shape index (κ1) is 22.1. The Morgan fingerprint density at radius 3 is 2.30 bits per heavy atom. The molecular weight excluding hydrogens is 402 g/mol. The Labute approximate surface area is 179 Å². The van der Waals surface area contributed by atoms with Crippen LogP contribution in [0.2, 0.25) is 0 Å². The molecule has 1 fully saturated rings. The molecule has 3 rings (SSSR count). The molecule has 0 aromatic heterocycles. The van der Waals surface area contributed by atoms with Crippen molar-refractivity contribution in [2.24, 2.45) is 4.99 Å². The Morgan fingerprint density at radius 1 is 0.967 bits per heavy atom. The van der Waals surface area contributed by atoms with Crippen LogP contribution in [-0.4, -0.2) is 60.3 Å². The van der Waals surface area contributed by atoms with Crippen molar-refractivity contribution in [2.75, 3.05) is 46.3 Å². The summed E-state index contributed by atoms with van der Waals surface area (Å²) in [5, 5.41) is 0. The number of ether oxygens (including phenoxy) is 2. The molecule has 1 saturated heterocycles. The minimum Gasteiger partial charge on any atom is -0.493 e. The highest BCUT2D eigenvalue weighted by atomic mass is 32.2. The molecule has 1 aliphatic rings. The van der Waals surface area contributed by atoms with Gasteiger partial charge in [-0.3, -0.25) is 4.99 Å². The number of sulfonamides is 1. The third-order valence-corrected chi connectivity index (χ3v) is 7.01. The summed E-state index contributed by atoms with van der Waals surface area (Å²) in [5.74, 6) is 1.25. The molecule has 0 spiro atoms. The van der Waals surface area contributed by atoms with E-state index in [-0.39, 0.29) is 4.90 Å². The lowest BCUT2D eigenvalue weighted by Crippen LogP contribution is -2.32. The maximum Gasteiger partial charge on any atom is 0.244 e. The van der Waals surface area contributed by atoms with Gasteiger partial charge in [0.25, 0.3) is 0 Å². The molecule has 0 N–H and O–H groups in total. The first-order chi connectivity index (χ1) is 14.4. The predicted octanol–water partition coefficient (Wildman–Crippen LogP) is 3.70. The first-order valence-electron chi connectivity index (χ1n) is 9.94. The summed E-state index contributed by atoms with van der Waals surface area (Å²) in [7, 11) is 2.67. The zero-order chi connectivity index (χ0) is 21.7. The monoisotopic (exact) mass is 431 g/mol. The van der Waals surface area contributed by atoms with E-state index in [0.717, 1.165) is 37.2 Å². The standard InChI is InChI=1S/C22H29N3O4S/c1-24(2)30(26,27)22-15-18(9-10-19(22)25-12-6-5-7-13-25)23-16-17-8-11-20(28-3)21(14-17)29-4/h8-11,14-16H,5-7,12-13H2,1-4H3. The Kier molecular flexibility index (Phi) is 6.99. The lowest BCUT2D eigenvalue weighted by molar-refractivity contribution is 0.355. The van der Waals surface area contributed by atoms with Gasteiger partial charge in [-0.05, 0) is 61.2 Å². The normalized spacial score (nSPS) is 15.0. The van der Waals surface area contributed by atoms with E-state index in [9.17, 15) is 8.42 Å². The number of hydrogen-bond acceptors (Lipinski definition) is 6. The van der Waals surface area contributed by atoms with Gasteiger partial charge in [-0.15, -0.1) is 0 Å². The fourth-order valence-electron chi connectivity index (χ4n) is 3.46. The molecule has 0 radical (unpaired) electrons. The minimum atomic E-state index is -3.60. The second kappa shape index (κ2) is 9.49. The van der Waals surface area contributed by atoms with Gasteiger partial charge in [-0.2, -0.15) is 0 Å². The Balaban J connectivity index is 1.97. The summed E-state index contributed by atoms with van der Waals surface area (Å²) in [4.78, 5) is 6.95. The SMILES string of the molecule is COc1ccc(C=Nc2ccc(N3CCCCC3)c(S(=O)(=O)N(C)C)c2)cc1OC. The Morgan fingerprint density at radius 2 is 1.67 bits per heavy atom. The van der Waals surface area contributed by atoms with Gasteiger partial charge in [0.05, 0.1) is 25.6 Å². The van der Waals surface area contributed by atoms with Crippen molar-refractivity contribution in [1.82, 2.24) is 4.31 Å². The fourth-order valence-corrected chi connectivity index (χ4v) is 4.59. The number of benzene rings is 2. The maximum absolute atomic E-state index is 13.0. The van der Waals surface area contributed by atoms with E-state index in [0.29, 0.717) is 17.2 Å². The number of hydrogen-bond donors (Lipinski definition) is 0. The number of anilines is 1. The van der Waals surface area contributed by atoms with Crippen LogP contribution >= 0.6 is 0 Å². The van der Waals surface area contributed by atoms with Crippen molar-refractivity contribution in [3.05, 3.63) is 42.0 Å². The van der Waals surface area contributed by atoms with Crippen molar-refractivity contribution in [1.29, 1.82) is 0 Å². The lowest BCUT2D eigenvalue weighted by Gasteiger charge is -2.31. The summed E-state index contributed by atoms with van der Waals surface area (Å²) in [6.07, 6.45) is 5.01. The van der Waals surface area contributed by atoms with Crippen LogP contribution in [0.25, 0.3) is 0 Å². The van der Waals surface area contributed by atoms with Gasteiger partial charge in [0, 0.05) is 33.4 Å². The first-order valence-corrected chi connectivity index (χ1v) is 11.4. The van der Waals surface area contributed by atoms with Gasteiger partial charge in [0.15, 0.2) is 11.5 Å². The van der Waals surface area contributed by atoms with Gasteiger partial charge < -0.3 is 14.4 Å². The highest BCUT2D eigenvalue weighted by Crippen LogP contribution is 2.33. The van der Waals surface area contributed by atoms with E-state index in [1.807, 2.05) is 30.3 Å². The summed E-state index contributed by atoms with van der Waals surface area (Å²) < 4.78 is 37.8. The van der Waals surface area contributed by atoms with Gasteiger partial charge in [-0.25, -0.2) is 12.7 Å². The van der Waals surface area contributed by atoms with E-state index >= 15 is 0 Å². The van der Waals surface area contributed by atoms with Gasteiger partial charge >= 0.3 is 0 Å². The third kappa shape index (κ3) is 4.76. The number of rotatable bonds is 7. The van der Waals surface area contributed by atoms with E-state index in [4.69, 9.17) is 9.47 Å². The maximum atomic E-state index is 13.0. The average Bonchev–Trinajstić information content (AvgIpc) is 2.77. The van der Waals surface area contributed by atoms with Crippen molar-refractivity contribution in [3.63, 3.8) is 0 Å².